The van der Waals surface area contributed by atoms with Gasteiger partial charge in [-0.15, -0.1) is 11.8 Å². The second-order valence-electron chi connectivity index (χ2n) is 4.43. The van der Waals surface area contributed by atoms with Crippen LogP contribution in [0.2, 0.25) is 0 Å². The Morgan fingerprint density at radius 3 is 2.90 bits per heavy atom. The average molecular weight is 307 g/mol. The average Bonchev–Trinajstić information content (AvgIpc) is 2.98. The fourth-order valence-electron chi connectivity index (χ4n) is 1.71. The van der Waals surface area contributed by atoms with Crippen LogP contribution in [0.15, 0.2) is 46.0 Å². The highest BCUT2D eigenvalue weighted by atomic mass is 32.2. The summed E-state index contributed by atoms with van der Waals surface area (Å²) in [6.45, 7) is 2.28. The first-order valence-electron chi connectivity index (χ1n) is 6.32. The maximum Gasteiger partial charge on any atom is 0.230 e. The topological polar surface area (TPSA) is 49.3 Å². The minimum Gasteiger partial charge on any atom is -0.387 e. The zero-order chi connectivity index (χ0) is 14.4. The Balaban J connectivity index is 1.75. The molecule has 1 amide bonds. The van der Waals surface area contributed by atoms with Crippen molar-refractivity contribution < 1.29 is 9.90 Å². The quantitative estimate of drug-likeness (QED) is 0.807. The Morgan fingerprint density at radius 1 is 1.40 bits per heavy atom. The van der Waals surface area contributed by atoms with Crippen LogP contribution in [0.1, 0.15) is 17.2 Å². The van der Waals surface area contributed by atoms with Crippen molar-refractivity contribution in [2.24, 2.45) is 0 Å². The summed E-state index contributed by atoms with van der Waals surface area (Å²) in [4.78, 5) is 12.9. The van der Waals surface area contributed by atoms with Crippen molar-refractivity contribution in [3.63, 3.8) is 0 Å². The number of aryl methyl sites for hydroxylation is 1. The molecule has 0 aliphatic carbocycles. The molecule has 20 heavy (non-hydrogen) atoms. The van der Waals surface area contributed by atoms with E-state index in [1.165, 1.54) is 28.7 Å². The highest BCUT2D eigenvalue weighted by molar-refractivity contribution is 8.00. The SMILES string of the molecule is Cc1ccccc1SCC(=O)NCC(O)c1ccsc1. The Morgan fingerprint density at radius 2 is 2.20 bits per heavy atom. The second-order valence-corrected chi connectivity index (χ2v) is 6.23. The summed E-state index contributed by atoms with van der Waals surface area (Å²) in [7, 11) is 0. The van der Waals surface area contributed by atoms with Gasteiger partial charge in [0.15, 0.2) is 0 Å². The van der Waals surface area contributed by atoms with Gasteiger partial charge in [-0.05, 0) is 40.9 Å². The van der Waals surface area contributed by atoms with Crippen LogP contribution in [0.5, 0.6) is 0 Å². The molecule has 1 unspecified atom stereocenters. The van der Waals surface area contributed by atoms with Crippen molar-refractivity contribution in [2.45, 2.75) is 17.9 Å². The maximum absolute atomic E-state index is 11.8. The minimum atomic E-state index is -0.631. The van der Waals surface area contributed by atoms with E-state index in [-0.39, 0.29) is 12.5 Å². The third-order valence-electron chi connectivity index (χ3n) is 2.87. The summed E-state index contributed by atoms with van der Waals surface area (Å²) < 4.78 is 0. The molecule has 1 atom stereocenters. The molecule has 3 nitrogen and oxygen atoms in total. The van der Waals surface area contributed by atoms with Gasteiger partial charge >= 0.3 is 0 Å². The molecule has 0 aliphatic rings. The van der Waals surface area contributed by atoms with E-state index in [0.29, 0.717) is 5.75 Å². The lowest BCUT2D eigenvalue weighted by Crippen LogP contribution is -2.29. The van der Waals surface area contributed by atoms with Crippen LogP contribution < -0.4 is 5.32 Å². The summed E-state index contributed by atoms with van der Waals surface area (Å²) >= 11 is 3.05. The first-order valence-corrected chi connectivity index (χ1v) is 8.25. The number of carbonyl (C=O) groups excluding carboxylic acids is 1. The number of carbonyl (C=O) groups is 1. The van der Waals surface area contributed by atoms with E-state index in [2.05, 4.69) is 5.32 Å². The number of benzene rings is 1. The molecular formula is C15H17NO2S2. The molecule has 0 spiro atoms. The van der Waals surface area contributed by atoms with Crippen LogP contribution in [-0.2, 0) is 4.79 Å². The summed E-state index contributed by atoms with van der Waals surface area (Å²) in [5.74, 6) is 0.300. The number of thiophene rings is 1. The minimum absolute atomic E-state index is 0.0625. The van der Waals surface area contributed by atoms with Gasteiger partial charge < -0.3 is 10.4 Å². The molecule has 106 valence electrons. The van der Waals surface area contributed by atoms with E-state index in [4.69, 9.17) is 0 Å². The molecule has 5 heteroatoms. The van der Waals surface area contributed by atoms with Crippen molar-refractivity contribution in [3.8, 4) is 0 Å². The number of hydrogen-bond acceptors (Lipinski definition) is 4. The van der Waals surface area contributed by atoms with Gasteiger partial charge in [0, 0.05) is 11.4 Å². The van der Waals surface area contributed by atoms with Crippen molar-refractivity contribution in [1.82, 2.24) is 5.32 Å². The number of aliphatic hydroxyl groups is 1. The Bertz CT molecular complexity index is 555. The maximum atomic E-state index is 11.8. The Kier molecular flexibility index (Phi) is 5.64. The third-order valence-corrected chi connectivity index (χ3v) is 4.75. The van der Waals surface area contributed by atoms with Crippen LogP contribution >= 0.6 is 23.1 Å². The Labute approximate surface area is 127 Å². The van der Waals surface area contributed by atoms with E-state index < -0.39 is 6.10 Å². The lowest BCUT2D eigenvalue weighted by atomic mass is 10.2. The monoisotopic (exact) mass is 307 g/mol. The van der Waals surface area contributed by atoms with Gasteiger partial charge in [0.1, 0.15) is 0 Å². The molecule has 1 aromatic carbocycles. The normalized spacial score (nSPS) is 12.1. The van der Waals surface area contributed by atoms with E-state index in [1.54, 1.807) is 0 Å². The first kappa shape index (κ1) is 15.1. The molecule has 0 saturated heterocycles. The third kappa shape index (κ3) is 4.37. The smallest absolute Gasteiger partial charge is 0.230 e. The number of amides is 1. The van der Waals surface area contributed by atoms with Gasteiger partial charge in [-0.3, -0.25) is 4.79 Å². The van der Waals surface area contributed by atoms with Crippen LogP contribution in [0, 0.1) is 6.92 Å². The zero-order valence-corrected chi connectivity index (χ0v) is 12.8. The molecule has 0 aliphatic heterocycles. The van der Waals surface area contributed by atoms with Crippen molar-refractivity contribution in [2.75, 3.05) is 12.3 Å². The van der Waals surface area contributed by atoms with Crippen LogP contribution in [0.3, 0.4) is 0 Å². The fourth-order valence-corrected chi connectivity index (χ4v) is 3.27. The summed E-state index contributed by atoms with van der Waals surface area (Å²) in [5, 5.41) is 16.4. The second kappa shape index (κ2) is 7.47. The number of aliphatic hydroxyl groups excluding tert-OH is 1. The molecule has 0 radical (unpaired) electrons. The van der Waals surface area contributed by atoms with E-state index in [0.717, 1.165) is 10.5 Å². The van der Waals surface area contributed by atoms with Gasteiger partial charge in [0.2, 0.25) is 5.91 Å². The molecular weight excluding hydrogens is 290 g/mol. The molecule has 2 rings (SSSR count). The van der Waals surface area contributed by atoms with Crippen molar-refractivity contribution in [1.29, 1.82) is 0 Å². The number of hydrogen-bond donors (Lipinski definition) is 2. The number of nitrogens with one attached hydrogen (secondary N) is 1. The van der Waals surface area contributed by atoms with Crippen molar-refractivity contribution >= 4 is 29.0 Å². The van der Waals surface area contributed by atoms with Gasteiger partial charge in [-0.1, -0.05) is 18.2 Å². The molecule has 2 N–H and O–H groups in total. The molecule has 1 heterocycles. The number of rotatable bonds is 6. The lowest BCUT2D eigenvalue weighted by Gasteiger charge is -2.10. The Hall–Kier alpha value is -1.30. The van der Waals surface area contributed by atoms with Crippen molar-refractivity contribution in [3.05, 3.63) is 52.2 Å². The van der Waals surface area contributed by atoms with E-state index in [1.807, 2.05) is 48.0 Å². The number of thioether (sulfide) groups is 1. The largest absolute Gasteiger partial charge is 0.387 e. The fraction of sp³-hybridized carbons (Fsp3) is 0.267. The van der Waals surface area contributed by atoms with E-state index >= 15 is 0 Å². The molecule has 1 aromatic heterocycles. The lowest BCUT2D eigenvalue weighted by molar-refractivity contribution is -0.119. The zero-order valence-electron chi connectivity index (χ0n) is 11.2. The van der Waals surface area contributed by atoms with E-state index in [9.17, 15) is 9.90 Å². The highest BCUT2D eigenvalue weighted by Crippen LogP contribution is 2.21. The van der Waals surface area contributed by atoms with Crippen LogP contribution in [0.4, 0.5) is 0 Å². The molecule has 0 saturated carbocycles. The van der Waals surface area contributed by atoms with Gasteiger partial charge in [-0.25, -0.2) is 0 Å². The predicted octanol–water partition coefficient (Wildman–Crippen LogP) is 3.00. The van der Waals surface area contributed by atoms with Gasteiger partial charge in [-0.2, -0.15) is 11.3 Å². The standard InChI is InChI=1S/C15H17NO2S2/c1-11-4-2-3-5-14(11)20-10-15(18)16-8-13(17)12-6-7-19-9-12/h2-7,9,13,17H,8,10H2,1H3,(H,16,18). The van der Waals surface area contributed by atoms with Gasteiger partial charge in [0.25, 0.3) is 0 Å². The molecule has 2 aromatic rings. The molecule has 0 bridgehead atoms. The van der Waals surface area contributed by atoms with Gasteiger partial charge in [0.05, 0.1) is 11.9 Å². The van der Waals surface area contributed by atoms with Crippen LogP contribution in [0.25, 0.3) is 0 Å². The summed E-state index contributed by atoms with van der Waals surface area (Å²) in [5.41, 5.74) is 2.02. The highest BCUT2D eigenvalue weighted by Gasteiger charge is 2.10. The molecule has 0 fully saturated rings. The first-order chi connectivity index (χ1) is 9.66. The predicted molar refractivity (Wildman–Crippen MR) is 84.2 cm³/mol. The summed E-state index contributed by atoms with van der Waals surface area (Å²) in [6.07, 6.45) is -0.631. The van der Waals surface area contributed by atoms with Crippen LogP contribution in [-0.4, -0.2) is 23.3 Å². The summed E-state index contributed by atoms with van der Waals surface area (Å²) in [6, 6.07) is 9.85.